The molecule has 2 aromatic heterocycles. The van der Waals surface area contributed by atoms with Crippen molar-refractivity contribution in [2.45, 2.75) is 13.3 Å². The van der Waals surface area contributed by atoms with Gasteiger partial charge in [-0.05, 0) is 42.8 Å². The minimum Gasteiger partial charge on any atom is -0.361 e. The highest BCUT2D eigenvalue weighted by molar-refractivity contribution is 6.04. The van der Waals surface area contributed by atoms with Crippen LogP contribution in [0, 0.1) is 6.92 Å². The third kappa shape index (κ3) is 3.64. The van der Waals surface area contributed by atoms with Gasteiger partial charge in [-0.2, -0.15) is 0 Å². The molecule has 0 radical (unpaired) electrons. The summed E-state index contributed by atoms with van der Waals surface area (Å²) in [5.41, 5.74) is 3.61. The summed E-state index contributed by atoms with van der Waals surface area (Å²) in [7, 11) is 0. The lowest BCUT2D eigenvalue weighted by atomic mass is 10.1. The van der Waals surface area contributed by atoms with Gasteiger partial charge in [-0.25, -0.2) is 0 Å². The Bertz CT molecular complexity index is 1140. The molecule has 4 aromatic rings. The van der Waals surface area contributed by atoms with Gasteiger partial charge < -0.3 is 20.1 Å². The molecule has 2 amide bonds. The third-order valence-corrected chi connectivity index (χ3v) is 4.45. The van der Waals surface area contributed by atoms with Crippen LogP contribution in [0.25, 0.3) is 10.9 Å². The molecule has 2 aromatic carbocycles. The van der Waals surface area contributed by atoms with Crippen LogP contribution in [0.2, 0.25) is 0 Å². The number of aryl methyl sites for hydroxylation is 1. The smallest absolute Gasteiger partial charge is 0.260 e. The number of hydrogen-bond acceptors (Lipinski definition) is 4. The average Bonchev–Trinajstić information content (AvgIpc) is 3.30. The van der Waals surface area contributed by atoms with E-state index in [-0.39, 0.29) is 18.2 Å². The lowest BCUT2D eigenvalue weighted by Crippen LogP contribution is -2.14. The molecule has 0 saturated heterocycles. The Morgan fingerprint density at radius 2 is 1.75 bits per heavy atom. The normalized spacial score (nSPS) is 10.8. The van der Waals surface area contributed by atoms with Crippen LogP contribution in [-0.4, -0.2) is 22.0 Å². The first-order valence-electron chi connectivity index (χ1n) is 8.77. The number of carbonyl (C=O) groups is 2. The Labute approximate surface area is 160 Å². The molecule has 2 heterocycles. The van der Waals surface area contributed by atoms with Crippen LogP contribution in [0.4, 0.5) is 11.4 Å². The van der Waals surface area contributed by atoms with Crippen molar-refractivity contribution in [3.8, 4) is 0 Å². The third-order valence-electron chi connectivity index (χ3n) is 4.45. The molecule has 0 aliphatic rings. The van der Waals surface area contributed by atoms with Crippen molar-refractivity contribution >= 4 is 34.1 Å². The van der Waals surface area contributed by atoms with Crippen LogP contribution >= 0.6 is 0 Å². The van der Waals surface area contributed by atoms with Gasteiger partial charge >= 0.3 is 0 Å². The molecule has 7 nitrogen and oxygen atoms in total. The minimum absolute atomic E-state index is 0.110. The van der Waals surface area contributed by atoms with Crippen LogP contribution in [0.1, 0.15) is 21.7 Å². The summed E-state index contributed by atoms with van der Waals surface area (Å²) in [4.78, 5) is 27.7. The zero-order valence-corrected chi connectivity index (χ0v) is 15.2. The standard InChI is InChI=1S/C21H18N4O3/c1-13-18(12-23-28-13)21(27)25-16-8-6-15(7-9-16)24-20(26)10-14-11-22-19-5-3-2-4-17(14)19/h2-9,11-12,22H,10H2,1H3,(H,24,26)(H,25,27). The van der Waals surface area contributed by atoms with E-state index in [1.54, 1.807) is 31.2 Å². The van der Waals surface area contributed by atoms with E-state index in [1.807, 2.05) is 30.5 Å². The summed E-state index contributed by atoms with van der Waals surface area (Å²) in [6, 6.07) is 14.8. The van der Waals surface area contributed by atoms with Crippen LogP contribution < -0.4 is 10.6 Å². The molecule has 0 spiro atoms. The van der Waals surface area contributed by atoms with Gasteiger partial charge in [0.15, 0.2) is 0 Å². The quantitative estimate of drug-likeness (QED) is 0.493. The molecule has 0 fully saturated rings. The van der Waals surface area contributed by atoms with Gasteiger partial charge in [0.05, 0.1) is 12.6 Å². The SMILES string of the molecule is Cc1oncc1C(=O)Nc1ccc(NC(=O)Cc2c[nH]c3ccccc23)cc1. The molecule has 4 rings (SSSR count). The Morgan fingerprint density at radius 3 is 2.46 bits per heavy atom. The second kappa shape index (κ2) is 7.40. The first-order valence-corrected chi connectivity index (χ1v) is 8.77. The number of amides is 2. The largest absolute Gasteiger partial charge is 0.361 e. The number of rotatable bonds is 5. The maximum atomic E-state index is 12.4. The average molecular weight is 374 g/mol. The Kier molecular flexibility index (Phi) is 4.63. The summed E-state index contributed by atoms with van der Waals surface area (Å²) >= 11 is 0. The summed E-state index contributed by atoms with van der Waals surface area (Å²) in [6.45, 7) is 1.67. The number of anilines is 2. The highest BCUT2D eigenvalue weighted by atomic mass is 16.5. The first-order chi connectivity index (χ1) is 13.6. The van der Waals surface area contributed by atoms with Crippen molar-refractivity contribution in [2.24, 2.45) is 0 Å². The maximum absolute atomic E-state index is 12.4. The van der Waals surface area contributed by atoms with Gasteiger partial charge in [0, 0.05) is 28.5 Å². The van der Waals surface area contributed by atoms with Crippen molar-refractivity contribution < 1.29 is 14.1 Å². The fourth-order valence-corrected chi connectivity index (χ4v) is 3.01. The Hall–Kier alpha value is -3.87. The summed E-state index contributed by atoms with van der Waals surface area (Å²) in [5, 5.41) is 10.3. The minimum atomic E-state index is -0.296. The molecule has 0 atom stereocenters. The number of carbonyl (C=O) groups excluding carboxylic acids is 2. The molecule has 140 valence electrons. The zero-order valence-electron chi connectivity index (χ0n) is 15.2. The van der Waals surface area contributed by atoms with Crippen molar-refractivity contribution in [3.63, 3.8) is 0 Å². The molecule has 0 aliphatic heterocycles. The second-order valence-electron chi connectivity index (χ2n) is 6.41. The number of benzene rings is 2. The summed E-state index contributed by atoms with van der Waals surface area (Å²) in [6.07, 6.45) is 3.51. The number of nitrogens with one attached hydrogen (secondary N) is 3. The van der Waals surface area contributed by atoms with Crippen LogP contribution in [0.3, 0.4) is 0 Å². The lowest BCUT2D eigenvalue weighted by molar-refractivity contribution is -0.115. The van der Waals surface area contributed by atoms with E-state index >= 15 is 0 Å². The highest BCUT2D eigenvalue weighted by Crippen LogP contribution is 2.19. The van der Waals surface area contributed by atoms with Crippen molar-refractivity contribution in [2.75, 3.05) is 10.6 Å². The Morgan fingerprint density at radius 1 is 1.04 bits per heavy atom. The monoisotopic (exact) mass is 374 g/mol. The fraction of sp³-hybridized carbons (Fsp3) is 0.0952. The molecular formula is C21H18N4O3. The number of para-hydroxylation sites is 1. The lowest BCUT2D eigenvalue weighted by Gasteiger charge is -2.07. The van der Waals surface area contributed by atoms with Gasteiger partial charge in [-0.1, -0.05) is 23.4 Å². The van der Waals surface area contributed by atoms with Gasteiger partial charge in [0.25, 0.3) is 5.91 Å². The number of nitrogens with zero attached hydrogens (tertiary/aromatic N) is 1. The van der Waals surface area contributed by atoms with E-state index in [1.165, 1.54) is 6.20 Å². The van der Waals surface area contributed by atoms with E-state index in [0.29, 0.717) is 22.7 Å². The molecule has 0 aliphatic carbocycles. The van der Waals surface area contributed by atoms with Crippen LogP contribution in [0.15, 0.2) is 65.4 Å². The fourth-order valence-electron chi connectivity index (χ4n) is 3.01. The Balaban J connectivity index is 1.38. The number of aromatic amines is 1. The molecule has 0 saturated carbocycles. The van der Waals surface area contributed by atoms with Gasteiger partial charge in [0.1, 0.15) is 11.3 Å². The van der Waals surface area contributed by atoms with Crippen molar-refractivity contribution in [1.29, 1.82) is 0 Å². The number of H-pyrrole nitrogens is 1. The van der Waals surface area contributed by atoms with E-state index in [9.17, 15) is 9.59 Å². The van der Waals surface area contributed by atoms with Gasteiger partial charge in [0.2, 0.25) is 5.91 Å². The number of hydrogen-bond donors (Lipinski definition) is 3. The maximum Gasteiger partial charge on any atom is 0.260 e. The van der Waals surface area contributed by atoms with Crippen LogP contribution in [-0.2, 0) is 11.2 Å². The van der Waals surface area contributed by atoms with E-state index in [4.69, 9.17) is 4.52 Å². The first kappa shape index (κ1) is 17.5. The predicted molar refractivity (Wildman–Crippen MR) is 106 cm³/mol. The van der Waals surface area contributed by atoms with Gasteiger partial charge in [-0.15, -0.1) is 0 Å². The van der Waals surface area contributed by atoms with Crippen molar-refractivity contribution in [1.82, 2.24) is 10.1 Å². The van der Waals surface area contributed by atoms with Gasteiger partial charge in [-0.3, -0.25) is 9.59 Å². The zero-order chi connectivity index (χ0) is 19.5. The summed E-state index contributed by atoms with van der Waals surface area (Å²) in [5.74, 6) is 0.0511. The molecular weight excluding hydrogens is 356 g/mol. The number of fused-ring (bicyclic) bond motifs is 1. The molecule has 28 heavy (non-hydrogen) atoms. The van der Waals surface area contributed by atoms with E-state index in [2.05, 4.69) is 20.8 Å². The highest BCUT2D eigenvalue weighted by Gasteiger charge is 2.13. The molecule has 0 unspecified atom stereocenters. The summed E-state index contributed by atoms with van der Waals surface area (Å²) < 4.78 is 4.90. The van der Waals surface area contributed by atoms with Crippen molar-refractivity contribution in [3.05, 3.63) is 77.8 Å². The topological polar surface area (TPSA) is 100 Å². The predicted octanol–water partition coefficient (Wildman–Crippen LogP) is 3.90. The second-order valence-corrected chi connectivity index (χ2v) is 6.41. The molecule has 7 heteroatoms. The molecule has 0 bridgehead atoms. The van der Waals surface area contributed by atoms with E-state index < -0.39 is 0 Å². The molecule has 3 N–H and O–H groups in total. The van der Waals surface area contributed by atoms with Crippen LogP contribution in [0.5, 0.6) is 0 Å². The van der Waals surface area contributed by atoms with E-state index in [0.717, 1.165) is 16.5 Å². The number of aromatic nitrogens is 2.